The number of hydrazine groups is 2. The van der Waals surface area contributed by atoms with Crippen LogP contribution in [0.1, 0.15) is 132 Å². The Labute approximate surface area is 445 Å². The molecule has 1 saturated heterocycles. The Balaban J connectivity index is 0.712. The van der Waals surface area contributed by atoms with E-state index in [0.29, 0.717) is 29.9 Å². The van der Waals surface area contributed by atoms with Gasteiger partial charge < -0.3 is 31.4 Å². The summed E-state index contributed by atoms with van der Waals surface area (Å²) >= 11 is 1.58. The lowest BCUT2D eigenvalue weighted by atomic mass is 9.85. The van der Waals surface area contributed by atoms with E-state index in [4.69, 9.17) is 0 Å². The quantitative estimate of drug-likeness (QED) is 0.0358. The van der Waals surface area contributed by atoms with Crippen molar-refractivity contribution in [3.8, 4) is 16.1 Å². The standard InChI is InChI=1S/C56H70F3N11O5S/c1-35(37-17-19-38(20-18-37)49-36(2)61-34-76-49)63-53(74)47-30-43(71)32-68(47)54(75)50(55(3,4)5)64-48(72)16-12-10-11-15-42-31-62-66-69(42)28-14-9-7-8-13-27-60-52(73)39-21-26-46-44(29-39)45-33-67(6)65-51(45)70(46)41-24-22-40(23-25-41)56(57,58)59/h17-26,29,31,33-35,43,47,50,62,66,71H,7-16,27-28,30,32H2,1-6H3,(H,60,73)(H,63,74)(H,64,72)/t35-,43+,47-,50+/m0/s1. The summed E-state index contributed by atoms with van der Waals surface area (Å²) in [6.07, 6.45) is 6.85. The minimum absolute atomic E-state index is 0.00713. The Morgan fingerprint density at radius 3 is 2.33 bits per heavy atom. The van der Waals surface area contributed by atoms with E-state index in [1.54, 1.807) is 33.7 Å². The van der Waals surface area contributed by atoms with Crippen LogP contribution in [-0.4, -0.2) is 95.8 Å². The molecule has 4 amide bonds. The van der Waals surface area contributed by atoms with Gasteiger partial charge in [-0.1, -0.05) is 70.7 Å². The maximum Gasteiger partial charge on any atom is 0.416 e. The highest BCUT2D eigenvalue weighted by Crippen LogP contribution is 2.35. The van der Waals surface area contributed by atoms with Crippen LogP contribution in [-0.2, 0) is 27.6 Å². The lowest BCUT2D eigenvalue weighted by molar-refractivity contribution is -0.144. The number of aliphatic hydroxyl groups excluding tert-OH is 1. The number of hydrogen-bond acceptors (Lipinski definition) is 11. The molecule has 0 bridgehead atoms. The van der Waals surface area contributed by atoms with Crippen LogP contribution in [0.5, 0.6) is 0 Å². The largest absolute Gasteiger partial charge is 0.416 e. The second-order valence-corrected chi connectivity index (χ2v) is 22.0. The number of aryl methyl sites for hydroxylation is 2. The van der Waals surface area contributed by atoms with Crippen molar-refractivity contribution in [1.82, 2.24) is 56.2 Å². The molecule has 6 aromatic rings. The predicted molar refractivity (Wildman–Crippen MR) is 288 cm³/mol. The van der Waals surface area contributed by atoms with E-state index in [1.807, 2.05) is 88.9 Å². The van der Waals surface area contributed by atoms with Crippen molar-refractivity contribution in [3.63, 3.8) is 0 Å². The molecule has 3 aromatic carbocycles. The number of unbranched alkanes of at least 4 members (excludes halogenated alkanes) is 6. The zero-order valence-electron chi connectivity index (χ0n) is 44.1. The average Bonchev–Trinajstić information content (AvgIpc) is 4.23. The average molecular weight is 1070 g/mol. The summed E-state index contributed by atoms with van der Waals surface area (Å²) in [5.41, 5.74) is 13.2. The number of halogens is 3. The van der Waals surface area contributed by atoms with Gasteiger partial charge in [-0.3, -0.25) is 33.4 Å². The van der Waals surface area contributed by atoms with Gasteiger partial charge in [0.25, 0.3) is 5.91 Å². The molecule has 76 heavy (non-hydrogen) atoms. The van der Waals surface area contributed by atoms with Crippen molar-refractivity contribution in [2.45, 2.75) is 136 Å². The summed E-state index contributed by atoms with van der Waals surface area (Å²) < 4.78 is 43.2. The Bertz CT molecular complexity index is 3030. The third-order valence-corrected chi connectivity index (χ3v) is 15.3. The van der Waals surface area contributed by atoms with Gasteiger partial charge >= 0.3 is 6.18 Å². The number of thiazole rings is 1. The molecule has 0 spiro atoms. The molecule has 20 heteroatoms. The molecular formula is C56H70F3N11O5S. The third-order valence-electron chi connectivity index (χ3n) is 14.3. The zero-order chi connectivity index (χ0) is 54.3. The molecule has 5 heterocycles. The fourth-order valence-electron chi connectivity index (χ4n) is 10.1. The van der Waals surface area contributed by atoms with E-state index in [1.165, 1.54) is 17.0 Å². The van der Waals surface area contributed by atoms with Gasteiger partial charge in [0.15, 0.2) is 5.65 Å². The first kappa shape index (κ1) is 55.5. The number of amides is 4. The highest BCUT2D eigenvalue weighted by Gasteiger charge is 2.45. The summed E-state index contributed by atoms with van der Waals surface area (Å²) in [7, 11) is 1.78. The Kier molecular flexibility index (Phi) is 17.6. The first-order valence-electron chi connectivity index (χ1n) is 26.3. The number of hydrogen-bond donors (Lipinski definition) is 6. The van der Waals surface area contributed by atoms with Crippen LogP contribution in [0.4, 0.5) is 13.2 Å². The zero-order valence-corrected chi connectivity index (χ0v) is 44.9. The van der Waals surface area contributed by atoms with Crippen molar-refractivity contribution in [2.24, 2.45) is 12.5 Å². The molecule has 0 unspecified atom stereocenters. The molecule has 2 aliphatic rings. The van der Waals surface area contributed by atoms with Crippen LogP contribution in [0.2, 0.25) is 0 Å². The topological polar surface area (TPSA) is 191 Å². The summed E-state index contributed by atoms with van der Waals surface area (Å²) in [6, 6.07) is 16.2. The lowest BCUT2D eigenvalue weighted by Gasteiger charge is -2.35. The van der Waals surface area contributed by atoms with E-state index in [9.17, 15) is 37.5 Å². The molecule has 2 aliphatic heterocycles. The maximum absolute atomic E-state index is 14.2. The van der Waals surface area contributed by atoms with Crippen LogP contribution in [0.25, 0.3) is 38.1 Å². The summed E-state index contributed by atoms with van der Waals surface area (Å²) in [6.45, 7) is 10.9. The Morgan fingerprint density at radius 2 is 1.62 bits per heavy atom. The summed E-state index contributed by atoms with van der Waals surface area (Å²) in [5.74, 6) is -1.16. The molecule has 16 nitrogen and oxygen atoms in total. The van der Waals surface area contributed by atoms with Crippen LogP contribution in [0, 0.1) is 12.3 Å². The van der Waals surface area contributed by atoms with Crippen LogP contribution in [0.15, 0.2) is 90.3 Å². The van der Waals surface area contributed by atoms with E-state index in [0.717, 1.165) is 114 Å². The molecule has 1 fully saturated rings. The fraction of sp³-hybridized carbons (Fsp3) is 0.464. The molecule has 0 aliphatic carbocycles. The van der Waals surface area contributed by atoms with E-state index in [-0.39, 0.29) is 49.1 Å². The van der Waals surface area contributed by atoms with Gasteiger partial charge in [-0.15, -0.1) is 16.9 Å². The number of aliphatic hydroxyl groups is 1. The van der Waals surface area contributed by atoms with Crippen molar-refractivity contribution >= 4 is 56.9 Å². The number of rotatable bonds is 22. The van der Waals surface area contributed by atoms with Gasteiger partial charge in [0.2, 0.25) is 17.7 Å². The molecular weight excluding hydrogens is 996 g/mol. The van der Waals surface area contributed by atoms with Crippen LogP contribution < -0.4 is 26.9 Å². The molecule has 0 radical (unpaired) electrons. The number of β-amino-alcohol motifs (C(OH)–C–C–N with tert-alkyl or cyclic N) is 1. The van der Waals surface area contributed by atoms with Gasteiger partial charge in [0.1, 0.15) is 12.1 Å². The van der Waals surface area contributed by atoms with E-state index < -0.39 is 35.3 Å². The number of carbonyl (C=O) groups excluding carboxylic acids is 4. The molecule has 3 aromatic heterocycles. The van der Waals surface area contributed by atoms with Crippen LogP contribution >= 0.6 is 11.3 Å². The van der Waals surface area contributed by atoms with E-state index in [2.05, 4.69) is 42.0 Å². The summed E-state index contributed by atoms with van der Waals surface area (Å²) in [5, 5.41) is 28.0. The first-order valence-corrected chi connectivity index (χ1v) is 27.1. The van der Waals surface area contributed by atoms with Crippen LogP contribution in [0.3, 0.4) is 0 Å². The normalized spacial score (nSPS) is 16.7. The minimum atomic E-state index is -4.44. The van der Waals surface area contributed by atoms with Gasteiger partial charge in [-0.2, -0.15) is 18.3 Å². The second-order valence-electron chi connectivity index (χ2n) is 21.2. The molecule has 0 saturated carbocycles. The van der Waals surface area contributed by atoms with Gasteiger partial charge in [-0.05, 0) is 105 Å². The first-order chi connectivity index (χ1) is 36.3. The predicted octanol–water partition coefficient (Wildman–Crippen LogP) is 9.14. The van der Waals surface area contributed by atoms with Gasteiger partial charge in [-0.25, -0.2) is 4.98 Å². The molecule has 6 N–H and O–H groups in total. The smallest absolute Gasteiger partial charge is 0.391 e. The van der Waals surface area contributed by atoms with Crippen molar-refractivity contribution in [3.05, 3.63) is 113 Å². The number of fused-ring (bicyclic) bond motifs is 3. The van der Waals surface area contributed by atoms with Gasteiger partial charge in [0, 0.05) is 79.6 Å². The number of nitrogens with zero attached hydrogens (tertiary/aromatic N) is 6. The van der Waals surface area contributed by atoms with Crippen molar-refractivity contribution in [1.29, 1.82) is 0 Å². The number of allylic oxidation sites excluding steroid dienone is 1. The third kappa shape index (κ3) is 13.2. The Hall–Kier alpha value is -6.77. The molecule has 406 valence electrons. The number of benzene rings is 3. The summed E-state index contributed by atoms with van der Waals surface area (Å²) in [4.78, 5) is 61.3. The second kappa shape index (κ2) is 24.1. The van der Waals surface area contributed by atoms with E-state index >= 15 is 0 Å². The lowest BCUT2D eigenvalue weighted by Crippen LogP contribution is -2.57. The SMILES string of the molecule is Cc1ncsc1-c1ccc([C@H](C)NC(=O)[C@@H]2C[C@@H](O)CN2C(=O)[C@@H](NC(=O)CCCCCC2=CNNN2CCCCCCCNC(=O)c2ccc3c(c2)c2cn(C)nc2n3-c2ccc(C(F)(F)F)cc2)C(C)(C)C)cc1. The molecule has 8 rings (SSSR count). The number of alkyl halides is 3. The monoisotopic (exact) mass is 1070 g/mol. The maximum atomic E-state index is 14.2. The Morgan fingerprint density at radius 1 is 0.895 bits per heavy atom. The van der Waals surface area contributed by atoms with Crippen molar-refractivity contribution in [2.75, 3.05) is 19.6 Å². The minimum Gasteiger partial charge on any atom is -0.391 e. The highest BCUT2D eigenvalue weighted by molar-refractivity contribution is 7.13. The number of carbonyl (C=O) groups is 4. The number of aromatic nitrogens is 4. The fourth-order valence-corrected chi connectivity index (χ4v) is 10.9. The van der Waals surface area contributed by atoms with Crippen molar-refractivity contribution < 1.29 is 37.5 Å². The number of nitrogens with one attached hydrogen (secondary N) is 5. The molecule has 4 atom stereocenters. The number of likely N-dealkylation sites (tertiary alicyclic amines) is 1. The van der Waals surface area contributed by atoms with Gasteiger partial charge in [0.05, 0.1) is 39.3 Å². The highest BCUT2D eigenvalue weighted by atomic mass is 32.1.